The molecule has 216 valence electrons. The van der Waals surface area contributed by atoms with Gasteiger partial charge in [-0.15, -0.1) is 0 Å². The molecule has 41 heavy (non-hydrogen) atoms. The normalized spacial score (nSPS) is 15.6. The monoisotopic (exact) mass is 576 g/mol. The van der Waals surface area contributed by atoms with E-state index in [2.05, 4.69) is 21.8 Å². The van der Waals surface area contributed by atoms with Crippen LogP contribution in [-0.4, -0.2) is 48.4 Å². The first-order valence-electron chi connectivity index (χ1n) is 13.8. The van der Waals surface area contributed by atoms with E-state index in [9.17, 15) is 18.0 Å². The molecule has 1 aliphatic rings. The van der Waals surface area contributed by atoms with Crippen molar-refractivity contribution < 1.29 is 17.9 Å². The van der Waals surface area contributed by atoms with Crippen LogP contribution in [0.15, 0.2) is 70.4 Å². The summed E-state index contributed by atoms with van der Waals surface area (Å²) in [5.74, 6) is 0.397. The van der Waals surface area contributed by atoms with Crippen molar-refractivity contribution in [3.05, 3.63) is 93.5 Å². The molecule has 1 amide bonds. The third kappa shape index (κ3) is 5.41. The number of amides is 1. The summed E-state index contributed by atoms with van der Waals surface area (Å²) in [5.41, 5.74) is 3.10. The molecule has 1 fully saturated rings. The van der Waals surface area contributed by atoms with Crippen LogP contribution in [0, 0.1) is 19.8 Å². The van der Waals surface area contributed by atoms with Crippen molar-refractivity contribution in [2.75, 3.05) is 20.2 Å². The fraction of sp³-hybridized carbons (Fsp3) is 0.355. The minimum Gasteiger partial charge on any atom is -0.496 e. The number of pyridine rings is 1. The van der Waals surface area contributed by atoms with Crippen molar-refractivity contribution in [2.45, 2.75) is 51.1 Å². The molecule has 2 N–H and O–H groups in total. The lowest BCUT2D eigenvalue weighted by Crippen LogP contribution is -2.40. The standard InChI is InChI=1S/C31H36N4O5S/c1-20-18-28(40-4)26(30(36)33-20)19-32-31(37)29-22(3)35(27-13-9-8-12-25(27)29)21(2)23-14-16-34(17-15-23)41(38,39)24-10-6-5-7-11-24/h5-13,18,21,23H,14-17,19H2,1-4H3,(H,32,37)(H,33,36)/t21-/m1/s1. The minimum absolute atomic E-state index is 0.0282. The van der Waals surface area contributed by atoms with E-state index in [4.69, 9.17) is 4.74 Å². The van der Waals surface area contributed by atoms with Gasteiger partial charge in [-0.05, 0) is 63.8 Å². The number of para-hydroxylation sites is 1. The summed E-state index contributed by atoms with van der Waals surface area (Å²) in [4.78, 5) is 29.2. The van der Waals surface area contributed by atoms with Gasteiger partial charge in [-0.3, -0.25) is 9.59 Å². The van der Waals surface area contributed by atoms with Crippen molar-refractivity contribution in [1.82, 2.24) is 19.2 Å². The first kappa shape index (κ1) is 28.6. The van der Waals surface area contributed by atoms with Gasteiger partial charge in [-0.2, -0.15) is 4.31 Å². The number of aromatic amines is 1. The molecule has 10 heteroatoms. The number of H-pyrrole nitrogens is 1. The number of piperidine rings is 1. The van der Waals surface area contributed by atoms with Crippen LogP contribution < -0.4 is 15.6 Å². The number of hydrogen-bond acceptors (Lipinski definition) is 5. The van der Waals surface area contributed by atoms with E-state index in [1.165, 1.54) is 7.11 Å². The average molecular weight is 577 g/mol. The third-order valence-corrected chi connectivity index (χ3v) is 10.1. The van der Waals surface area contributed by atoms with E-state index in [1.807, 2.05) is 37.3 Å². The first-order valence-corrected chi connectivity index (χ1v) is 15.3. The number of aromatic nitrogens is 2. The lowest BCUT2D eigenvalue weighted by atomic mass is 9.91. The van der Waals surface area contributed by atoms with Crippen LogP contribution in [0.25, 0.3) is 10.9 Å². The van der Waals surface area contributed by atoms with Crippen molar-refractivity contribution in [3.63, 3.8) is 0 Å². The fourth-order valence-corrected chi connectivity index (χ4v) is 7.54. The Kier molecular flexibility index (Phi) is 8.06. The molecule has 0 spiro atoms. The number of methoxy groups -OCH3 is 1. The van der Waals surface area contributed by atoms with E-state index in [0.717, 1.165) is 29.4 Å². The summed E-state index contributed by atoms with van der Waals surface area (Å²) in [6.45, 7) is 6.79. The topological polar surface area (TPSA) is 114 Å². The molecule has 1 saturated heterocycles. The number of fused-ring (bicyclic) bond motifs is 1. The molecule has 2 aromatic heterocycles. The number of carbonyl (C=O) groups is 1. The maximum Gasteiger partial charge on any atom is 0.256 e. The molecule has 1 atom stereocenters. The summed E-state index contributed by atoms with van der Waals surface area (Å²) >= 11 is 0. The van der Waals surface area contributed by atoms with Crippen molar-refractivity contribution >= 4 is 26.8 Å². The second kappa shape index (κ2) is 11.5. The average Bonchev–Trinajstić information content (AvgIpc) is 3.27. The van der Waals surface area contributed by atoms with Gasteiger partial charge in [0.1, 0.15) is 5.75 Å². The SMILES string of the molecule is COc1cc(C)[nH]c(=O)c1CNC(=O)c1c(C)n([C@H](C)C2CCN(S(=O)(=O)c3ccccc3)CC2)c2ccccc12. The minimum atomic E-state index is -3.53. The smallest absolute Gasteiger partial charge is 0.256 e. The van der Waals surface area contributed by atoms with Crippen molar-refractivity contribution in [3.8, 4) is 5.75 Å². The van der Waals surface area contributed by atoms with E-state index in [0.29, 0.717) is 40.6 Å². The Morgan fingerprint density at radius 2 is 1.73 bits per heavy atom. The van der Waals surface area contributed by atoms with Gasteiger partial charge in [0.2, 0.25) is 10.0 Å². The molecule has 3 heterocycles. The van der Waals surface area contributed by atoms with Crippen LogP contribution in [-0.2, 0) is 16.6 Å². The van der Waals surface area contributed by atoms with Crippen LogP contribution >= 0.6 is 0 Å². The van der Waals surface area contributed by atoms with Gasteiger partial charge in [-0.1, -0.05) is 36.4 Å². The molecule has 0 saturated carbocycles. The highest BCUT2D eigenvalue weighted by Gasteiger charge is 2.33. The molecule has 5 rings (SSSR count). The number of aryl methyl sites for hydroxylation is 1. The van der Waals surface area contributed by atoms with E-state index in [-0.39, 0.29) is 30.0 Å². The molecule has 0 bridgehead atoms. The fourth-order valence-electron chi connectivity index (χ4n) is 6.05. The number of benzene rings is 2. The number of rotatable bonds is 8. The Morgan fingerprint density at radius 1 is 1.07 bits per heavy atom. The molecule has 4 aromatic rings. The number of nitrogens with zero attached hydrogens (tertiary/aromatic N) is 2. The number of carbonyl (C=O) groups excluding carboxylic acids is 1. The van der Waals surface area contributed by atoms with Crippen LogP contribution in [0.3, 0.4) is 0 Å². The zero-order chi connectivity index (χ0) is 29.3. The van der Waals surface area contributed by atoms with Gasteiger partial charge in [0.15, 0.2) is 0 Å². The number of nitrogens with one attached hydrogen (secondary N) is 2. The summed E-state index contributed by atoms with van der Waals surface area (Å²) in [6, 6.07) is 18.2. The highest BCUT2D eigenvalue weighted by molar-refractivity contribution is 7.89. The molecule has 2 aromatic carbocycles. The van der Waals surface area contributed by atoms with Gasteiger partial charge < -0.3 is 19.6 Å². The van der Waals surface area contributed by atoms with E-state index >= 15 is 0 Å². The largest absolute Gasteiger partial charge is 0.496 e. The summed E-state index contributed by atoms with van der Waals surface area (Å²) < 4.78 is 35.4. The second-order valence-corrected chi connectivity index (χ2v) is 12.6. The van der Waals surface area contributed by atoms with E-state index in [1.54, 1.807) is 41.6 Å². The first-order chi connectivity index (χ1) is 19.6. The van der Waals surface area contributed by atoms with Gasteiger partial charge in [0, 0.05) is 41.4 Å². The Bertz CT molecular complexity index is 1740. The molecule has 1 aliphatic heterocycles. The lowest BCUT2D eigenvalue weighted by Gasteiger charge is -2.35. The Hall–Kier alpha value is -3.89. The molecule has 0 radical (unpaired) electrons. The van der Waals surface area contributed by atoms with Gasteiger partial charge in [0.05, 0.1) is 29.7 Å². The predicted octanol–water partition coefficient (Wildman–Crippen LogP) is 4.55. The van der Waals surface area contributed by atoms with Gasteiger partial charge in [-0.25, -0.2) is 8.42 Å². The van der Waals surface area contributed by atoms with Crippen molar-refractivity contribution in [1.29, 1.82) is 0 Å². The Labute approximate surface area is 240 Å². The lowest BCUT2D eigenvalue weighted by molar-refractivity contribution is 0.0951. The summed E-state index contributed by atoms with van der Waals surface area (Å²) in [5, 5.41) is 3.76. The Morgan fingerprint density at radius 3 is 2.41 bits per heavy atom. The molecule has 0 aliphatic carbocycles. The predicted molar refractivity (Wildman–Crippen MR) is 159 cm³/mol. The highest BCUT2D eigenvalue weighted by Crippen LogP contribution is 2.36. The molecular weight excluding hydrogens is 540 g/mol. The number of hydrogen-bond donors (Lipinski definition) is 2. The van der Waals surface area contributed by atoms with Crippen LogP contribution in [0.2, 0.25) is 0 Å². The van der Waals surface area contributed by atoms with Crippen LogP contribution in [0.1, 0.15) is 53.1 Å². The van der Waals surface area contributed by atoms with Crippen LogP contribution in [0.4, 0.5) is 0 Å². The highest BCUT2D eigenvalue weighted by atomic mass is 32.2. The van der Waals surface area contributed by atoms with Crippen molar-refractivity contribution in [2.24, 2.45) is 5.92 Å². The quantitative estimate of drug-likeness (QED) is 0.320. The van der Waals surface area contributed by atoms with Crippen LogP contribution in [0.5, 0.6) is 5.75 Å². The molecular formula is C31H36N4O5S. The second-order valence-electron chi connectivity index (χ2n) is 10.7. The maximum absolute atomic E-state index is 13.6. The van der Waals surface area contributed by atoms with Gasteiger partial charge in [0.25, 0.3) is 11.5 Å². The Balaban J connectivity index is 1.37. The summed E-state index contributed by atoms with van der Waals surface area (Å²) in [6.07, 6.45) is 1.44. The summed E-state index contributed by atoms with van der Waals surface area (Å²) in [7, 11) is -2.03. The zero-order valence-corrected chi connectivity index (χ0v) is 24.6. The molecule has 9 nitrogen and oxygen atoms in total. The number of sulfonamides is 1. The van der Waals surface area contributed by atoms with E-state index < -0.39 is 10.0 Å². The van der Waals surface area contributed by atoms with Gasteiger partial charge >= 0.3 is 0 Å². The third-order valence-electron chi connectivity index (χ3n) is 8.23. The number of ether oxygens (including phenoxy) is 1. The molecule has 0 unspecified atom stereocenters. The maximum atomic E-state index is 13.6. The zero-order valence-electron chi connectivity index (χ0n) is 23.8.